The highest BCUT2D eigenvalue weighted by molar-refractivity contribution is 5.75. The van der Waals surface area contributed by atoms with Crippen LogP contribution >= 0.6 is 0 Å². The summed E-state index contributed by atoms with van der Waals surface area (Å²) in [5.74, 6) is 0.755. The number of nitrogens with one attached hydrogen (secondary N) is 2. The lowest BCUT2D eigenvalue weighted by molar-refractivity contribution is -0.121. The summed E-state index contributed by atoms with van der Waals surface area (Å²) < 4.78 is 0. The molecule has 1 amide bonds. The van der Waals surface area contributed by atoms with Crippen molar-refractivity contribution in [3.8, 4) is 0 Å². The monoisotopic (exact) mass is 223 g/mol. The lowest BCUT2D eigenvalue weighted by Gasteiger charge is -2.06. The average Bonchev–Trinajstić information content (AvgIpc) is 2.74. The van der Waals surface area contributed by atoms with Crippen LogP contribution in [-0.2, 0) is 11.2 Å². The fourth-order valence-corrected chi connectivity index (χ4v) is 1.43. The van der Waals surface area contributed by atoms with E-state index in [1.807, 2.05) is 6.20 Å². The minimum atomic E-state index is 0.163. The van der Waals surface area contributed by atoms with Crippen LogP contribution < -0.4 is 5.32 Å². The Bertz CT molecular complexity index is 293. The fourth-order valence-electron chi connectivity index (χ4n) is 1.43. The van der Waals surface area contributed by atoms with E-state index in [9.17, 15) is 4.79 Å². The Labute approximate surface area is 96.9 Å². The van der Waals surface area contributed by atoms with Crippen LogP contribution in [0.4, 0.5) is 0 Å². The molecule has 16 heavy (non-hydrogen) atoms. The summed E-state index contributed by atoms with van der Waals surface area (Å²) in [5, 5.41) is 2.92. The number of amides is 1. The van der Waals surface area contributed by atoms with Gasteiger partial charge < -0.3 is 10.3 Å². The van der Waals surface area contributed by atoms with Crippen LogP contribution in [0.25, 0.3) is 0 Å². The Kier molecular flexibility index (Phi) is 5.61. The maximum absolute atomic E-state index is 11.4. The number of aromatic amines is 1. The van der Waals surface area contributed by atoms with E-state index < -0.39 is 0 Å². The molecular weight excluding hydrogens is 202 g/mol. The minimum absolute atomic E-state index is 0.163. The second-order valence-electron chi connectivity index (χ2n) is 4.45. The van der Waals surface area contributed by atoms with Gasteiger partial charge in [0.1, 0.15) is 0 Å². The van der Waals surface area contributed by atoms with E-state index in [1.165, 1.54) is 0 Å². The largest absolute Gasteiger partial charge is 0.356 e. The van der Waals surface area contributed by atoms with Crippen molar-refractivity contribution in [3.63, 3.8) is 0 Å². The fraction of sp³-hybridized carbons (Fsp3) is 0.667. The van der Waals surface area contributed by atoms with Crippen LogP contribution in [0, 0.1) is 5.92 Å². The zero-order valence-corrected chi connectivity index (χ0v) is 10.1. The highest BCUT2D eigenvalue weighted by Crippen LogP contribution is 2.02. The number of carbonyl (C=O) groups is 1. The van der Waals surface area contributed by atoms with Gasteiger partial charge in [0.05, 0.1) is 12.0 Å². The van der Waals surface area contributed by atoms with E-state index in [-0.39, 0.29) is 5.91 Å². The smallest absolute Gasteiger partial charge is 0.220 e. The van der Waals surface area contributed by atoms with Crippen LogP contribution in [0.2, 0.25) is 0 Å². The van der Waals surface area contributed by atoms with E-state index >= 15 is 0 Å². The Hall–Kier alpha value is -1.32. The summed E-state index contributed by atoms with van der Waals surface area (Å²) >= 11 is 0. The molecule has 1 aromatic rings. The Balaban J connectivity index is 2.00. The summed E-state index contributed by atoms with van der Waals surface area (Å²) in [5.41, 5.74) is 1.05. The normalized spacial score (nSPS) is 10.7. The summed E-state index contributed by atoms with van der Waals surface area (Å²) in [6, 6.07) is 0. The molecule has 0 aromatic carbocycles. The highest BCUT2D eigenvalue weighted by atomic mass is 16.1. The van der Waals surface area contributed by atoms with Crippen LogP contribution in [0.5, 0.6) is 0 Å². The Morgan fingerprint density at radius 2 is 2.38 bits per heavy atom. The van der Waals surface area contributed by atoms with E-state index in [0.29, 0.717) is 12.3 Å². The van der Waals surface area contributed by atoms with Crippen molar-refractivity contribution in [2.24, 2.45) is 5.92 Å². The van der Waals surface area contributed by atoms with Gasteiger partial charge in [-0.15, -0.1) is 0 Å². The third-order valence-corrected chi connectivity index (χ3v) is 2.44. The lowest BCUT2D eigenvalue weighted by Crippen LogP contribution is -2.24. The molecule has 0 bridgehead atoms. The summed E-state index contributed by atoms with van der Waals surface area (Å²) in [7, 11) is 0. The van der Waals surface area contributed by atoms with Gasteiger partial charge in [-0.1, -0.05) is 13.8 Å². The number of imidazole rings is 1. The molecule has 0 unspecified atom stereocenters. The van der Waals surface area contributed by atoms with Gasteiger partial charge in [0, 0.05) is 19.2 Å². The molecule has 1 heterocycles. The van der Waals surface area contributed by atoms with Crippen molar-refractivity contribution in [3.05, 3.63) is 18.2 Å². The van der Waals surface area contributed by atoms with Gasteiger partial charge in [-0.05, 0) is 25.2 Å². The van der Waals surface area contributed by atoms with Gasteiger partial charge in [0.15, 0.2) is 0 Å². The predicted molar refractivity (Wildman–Crippen MR) is 64.0 cm³/mol. The third kappa shape index (κ3) is 5.53. The number of H-pyrrole nitrogens is 1. The number of hydrogen-bond donors (Lipinski definition) is 2. The molecule has 2 N–H and O–H groups in total. The molecule has 0 radical (unpaired) electrons. The lowest BCUT2D eigenvalue weighted by atomic mass is 10.1. The standard InChI is InChI=1S/C12H21N3O/c1-10(2)5-6-12(16)14-7-3-4-11-8-13-9-15-11/h8-10H,3-7H2,1-2H3,(H,13,15)(H,14,16). The SMILES string of the molecule is CC(C)CCC(=O)NCCCc1c[nH]cn1. The van der Waals surface area contributed by atoms with Crippen molar-refractivity contribution in [1.29, 1.82) is 0 Å². The second-order valence-corrected chi connectivity index (χ2v) is 4.45. The molecule has 0 aliphatic rings. The maximum atomic E-state index is 11.4. The molecular formula is C12H21N3O. The summed E-state index contributed by atoms with van der Waals surface area (Å²) in [4.78, 5) is 18.4. The van der Waals surface area contributed by atoms with Crippen LogP contribution in [0.15, 0.2) is 12.5 Å². The topological polar surface area (TPSA) is 57.8 Å². The van der Waals surface area contributed by atoms with Crippen molar-refractivity contribution < 1.29 is 4.79 Å². The first kappa shape index (κ1) is 12.7. The number of rotatable bonds is 7. The molecule has 0 aliphatic carbocycles. The molecule has 4 nitrogen and oxygen atoms in total. The van der Waals surface area contributed by atoms with Gasteiger partial charge in [0.2, 0.25) is 5.91 Å². The second kappa shape index (κ2) is 7.04. The Morgan fingerprint density at radius 1 is 1.56 bits per heavy atom. The summed E-state index contributed by atoms with van der Waals surface area (Å²) in [6.07, 6.45) is 7.02. The molecule has 0 spiro atoms. The third-order valence-electron chi connectivity index (χ3n) is 2.44. The quantitative estimate of drug-likeness (QED) is 0.694. The van der Waals surface area contributed by atoms with Crippen molar-refractivity contribution >= 4 is 5.91 Å². The molecule has 0 aliphatic heterocycles. The molecule has 0 saturated heterocycles. The molecule has 1 aromatic heterocycles. The van der Waals surface area contributed by atoms with Crippen molar-refractivity contribution in [2.45, 2.75) is 39.5 Å². The molecule has 0 fully saturated rings. The zero-order valence-electron chi connectivity index (χ0n) is 10.1. The number of hydrogen-bond acceptors (Lipinski definition) is 2. The van der Waals surface area contributed by atoms with Crippen molar-refractivity contribution in [1.82, 2.24) is 15.3 Å². The van der Waals surface area contributed by atoms with E-state index in [1.54, 1.807) is 6.33 Å². The molecule has 0 atom stereocenters. The predicted octanol–water partition coefficient (Wildman–Crippen LogP) is 1.89. The van der Waals surface area contributed by atoms with Gasteiger partial charge >= 0.3 is 0 Å². The molecule has 1 rings (SSSR count). The van der Waals surface area contributed by atoms with Gasteiger partial charge in [-0.3, -0.25) is 4.79 Å². The van der Waals surface area contributed by atoms with Crippen LogP contribution in [0.3, 0.4) is 0 Å². The molecule has 4 heteroatoms. The zero-order chi connectivity index (χ0) is 11.8. The van der Waals surface area contributed by atoms with E-state index in [0.717, 1.165) is 31.5 Å². The number of aryl methyl sites for hydroxylation is 1. The Morgan fingerprint density at radius 3 is 3.00 bits per heavy atom. The van der Waals surface area contributed by atoms with Crippen molar-refractivity contribution in [2.75, 3.05) is 6.54 Å². The van der Waals surface area contributed by atoms with Gasteiger partial charge in [-0.25, -0.2) is 4.98 Å². The van der Waals surface area contributed by atoms with Gasteiger partial charge in [0.25, 0.3) is 0 Å². The van der Waals surface area contributed by atoms with Gasteiger partial charge in [-0.2, -0.15) is 0 Å². The first-order chi connectivity index (χ1) is 7.68. The number of carbonyl (C=O) groups excluding carboxylic acids is 1. The maximum Gasteiger partial charge on any atom is 0.220 e. The molecule has 0 saturated carbocycles. The first-order valence-electron chi connectivity index (χ1n) is 5.93. The summed E-state index contributed by atoms with van der Waals surface area (Å²) in [6.45, 7) is 5.00. The van der Waals surface area contributed by atoms with E-state index in [4.69, 9.17) is 0 Å². The van der Waals surface area contributed by atoms with E-state index in [2.05, 4.69) is 29.1 Å². The average molecular weight is 223 g/mol. The molecule has 90 valence electrons. The first-order valence-corrected chi connectivity index (χ1v) is 5.93. The van der Waals surface area contributed by atoms with Crippen LogP contribution in [0.1, 0.15) is 38.8 Å². The number of nitrogens with zero attached hydrogens (tertiary/aromatic N) is 1. The highest BCUT2D eigenvalue weighted by Gasteiger charge is 2.02. The minimum Gasteiger partial charge on any atom is -0.356 e. The van der Waals surface area contributed by atoms with Crippen LogP contribution in [-0.4, -0.2) is 22.4 Å². The number of aromatic nitrogens is 2.